The second kappa shape index (κ2) is 6.67. The Morgan fingerprint density at radius 1 is 1.24 bits per heavy atom. The van der Waals surface area contributed by atoms with E-state index in [2.05, 4.69) is 6.92 Å². The van der Waals surface area contributed by atoms with E-state index in [4.69, 9.17) is 14.2 Å². The average molecular weight is 292 g/mol. The molecule has 1 aromatic rings. The fraction of sp³-hybridized carbons (Fsp3) is 0.647. The number of fused-ring (bicyclic) bond motifs is 1. The molecule has 1 saturated carbocycles. The Balaban J connectivity index is 1.57. The van der Waals surface area contributed by atoms with E-state index in [1.54, 1.807) is 0 Å². The molecule has 3 unspecified atom stereocenters. The van der Waals surface area contributed by atoms with Crippen LogP contribution in [-0.4, -0.2) is 24.6 Å². The van der Waals surface area contributed by atoms with Crippen LogP contribution in [0.3, 0.4) is 0 Å². The Kier molecular flexibility index (Phi) is 4.66. The zero-order valence-corrected chi connectivity index (χ0v) is 12.6. The molecule has 1 fully saturated rings. The van der Waals surface area contributed by atoms with Gasteiger partial charge in [-0.15, -0.1) is 0 Å². The maximum Gasteiger partial charge on any atom is 0.231 e. The van der Waals surface area contributed by atoms with E-state index in [1.165, 1.54) is 19.3 Å². The molecule has 116 valence electrons. The van der Waals surface area contributed by atoms with Gasteiger partial charge >= 0.3 is 0 Å². The van der Waals surface area contributed by atoms with Crippen molar-refractivity contribution < 1.29 is 19.3 Å². The standard InChI is InChI=1S/C17H24O4/c1-2-12-5-3-4-6-15(12)19-10-14(18)13-7-8-16-17(9-13)21-11-20-16/h7-9,12,14-15,18H,2-6,10-11H2,1H3. The molecule has 0 amide bonds. The van der Waals surface area contributed by atoms with E-state index < -0.39 is 6.10 Å². The van der Waals surface area contributed by atoms with Gasteiger partial charge in [-0.05, 0) is 36.5 Å². The Hall–Kier alpha value is -1.26. The molecule has 0 radical (unpaired) electrons. The quantitative estimate of drug-likeness (QED) is 0.903. The van der Waals surface area contributed by atoms with Crippen LogP contribution in [-0.2, 0) is 4.74 Å². The minimum atomic E-state index is -0.612. The van der Waals surface area contributed by atoms with Crippen molar-refractivity contribution in [3.05, 3.63) is 23.8 Å². The van der Waals surface area contributed by atoms with Crippen molar-refractivity contribution in [1.29, 1.82) is 0 Å². The molecular weight excluding hydrogens is 268 g/mol. The van der Waals surface area contributed by atoms with Crippen molar-refractivity contribution in [2.45, 2.75) is 51.2 Å². The first-order chi connectivity index (χ1) is 10.3. The van der Waals surface area contributed by atoms with E-state index in [0.29, 0.717) is 24.4 Å². The summed E-state index contributed by atoms with van der Waals surface area (Å²) < 4.78 is 16.6. The fourth-order valence-electron chi connectivity index (χ4n) is 3.29. The van der Waals surface area contributed by atoms with Crippen molar-refractivity contribution in [3.8, 4) is 11.5 Å². The molecule has 2 aliphatic rings. The lowest BCUT2D eigenvalue weighted by atomic mass is 9.85. The van der Waals surface area contributed by atoms with Crippen LogP contribution in [0.25, 0.3) is 0 Å². The smallest absolute Gasteiger partial charge is 0.231 e. The molecule has 1 aliphatic heterocycles. The predicted octanol–water partition coefficient (Wildman–Crippen LogP) is 3.43. The van der Waals surface area contributed by atoms with E-state index in [9.17, 15) is 5.11 Å². The normalized spacial score (nSPS) is 25.8. The number of aliphatic hydroxyl groups is 1. The first kappa shape index (κ1) is 14.7. The molecule has 3 rings (SSSR count). The number of aliphatic hydroxyl groups excluding tert-OH is 1. The second-order valence-corrected chi connectivity index (χ2v) is 5.95. The van der Waals surface area contributed by atoms with Crippen molar-refractivity contribution in [3.63, 3.8) is 0 Å². The fourth-order valence-corrected chi connectivity index (χ4v) is 3.29. The molecule has 1 N–H and O–H groups in total. The Morgan fingerprint density at radius 3 is 2.90 bits per heavy atom. The number of benzene rings is 1. The SMILES string of the molecule is CCC1CCCCC1OCC(O)c1ccc2c(c1)OCO2. The van der Waals surface area contributed by atoms with Crippen LogP contribution in [0.5, 0.6) is 11.5 Å². The van der Waals surface area contributed by atoms with E-state index in [-0.39, 0.29) is 6.79 Å². The lowest BCUT2D eigenvalue weighted by Crippen LogP contribution is -2.28. The third kappa shape index (κ3) is 3.33. The summed E-state index contributed by atoms with van der Waals surface area (Å²) >= 11 is 0. The summed E-state index contributed by atoms with van der Waals surface area (Å²) in [6, 6.07) is 5.56. The van der Waals surface area contributed by atoms with Gasteiger partial charge in [0.15, 0.2) is 11.5 Å². The maximum atomic E-state index is 10.3. The van der Waals surface area contributed by atoms with Crippen LogP contribution in [0.1, 0.15) is 50.7 Å². The first-order valence-electron chi connectivity index (χ1n) is 7.97. The predicted molar refractivity (Wildman–Crippen MR) is 79.5 cm³/mol. The monoisotopic (exact) mass is 292 g/mol. The van der Waals surface area contributed by atoms with Crippen LogP contribution in [0.2, 0.25) is 0 Å². The van der Waals surface area contributed by atoms with Crippen molar-refractivity contribution >= 4 is 0 Å². The number of hydrogen-bond donors (Lipinski definition) is 1. The molecule has 0 spiro atoms. The third-order valence-corrected chi connectivity index (χ3v) is 4.61. The Labute approximate surface area is 126 Å². The van der Waals surface area contributed by atoms with Crippen LogP contribution in [0.4, 0.5) is 0 Å². The topological polar surface area (TPSA) is 47.9 Å². The van der Waals surface area contributed by atoms with Crippen LogP contribution in [0, 0.1) is 5.92 Å². The second-order valence-electron chi connectivity index (χ2n) is 5.95. The molecule has 4 heteroatoms. The summed E-state index contributed by atoms with van der Waals surface area (Å²) in [5, 5.41) is 10.3. The Bertz CT molecular complexity index is 474. The van der Waals surface area contributed by atoms with Crippen LogP contribution in [0.15, 0.2) is 18.2 Å². The largest absolute Gasteiger partial charge is 0.454 e. The van der Waals surface area contributed by atoms with E-state index in [0.717, 1.165) is 24.2 Å². The van der Waals surface area contributed by atoms with Gasteiger partial charge in [0.1, 0.15) is 6.10 Å². The molecule has 1 heterocycles. The van der Waals surface area contributed by atoms with Crippen LogP contribution < -0.4 is 9.47 Å². The van der Waals surface area contributed by atoms with Crippen molar-refractivity contribution in [2.24, 2.45) is 5.92 Å². The lowest BCUT2D eigenvalue weighted by molar-refractivity contribution is -0.0515. The van der Waals surface area contributed by atoms with Gasteiger partial charge in [-0.1, -0.05) is 32.3 Å². The van der Waals surface area contributed by atoms with Gasteiger partial charge < -0.3 is 19.3 Å². The van der Waals surface area contributed by atoms with Crippen LogP contribution >= 0.6 is 0 Å². The maximum absolute atomic E-state index is 10.3. The zero-order valence-electron chi connectivity index (χ0n) is 12.6. The van der Waals surface area contributed by atoms with Gasteiger partial charge in [0, 0.05) is 0 Å². The van der Waals surface area contributed by atoms with Gasteiger partial charge in [0.25, 0.3) is 0 Å². The highest BCUT2D eigenvalue weighted by Crippen LogP contribution is 2.35. The minimum Gasteiger partial charge on any atom is -0.454 e. The van der Waals surface area contributed by atoms with E-state index >= 15 is 0 Å². The first-order valence-corrected chi connectivity index (χ1v) is 7.97. The molecule has 21 heavy (non-hydrogen) atoms. The number of rotatable bonds is 5. The number of ether oxygens (including phenoxy) is 3. The molecular formula is C17H24O4. The molecule has 0 aromatic heterocycles. The summed E-state index contributed by atoms with van der Waals surface area (Å²) in [5.41, 5.74) is 0.822. The minimum absolute atomic E-state index is 0.256. The summed E-state index contributed by atoms with van der Waals surface area (Å²) in [7, 11) is 0. The lowest BCUT2D eigenvalue weighted by Gasteiger charge is -2.31. The van der Waals surface area contributed by atoms with Crippen molar-refractivity contribution in [2.75, 3.05) is 13.4 Å². The van der Waals surface area contributed by atoms with Gasteiger partial charge in [0.05, 0.1) is 12.7 Å². The molecule has 0 bridgehead atoms. The summed E-state index contributed by atoms with van der Waals surface area (Å²) in [5.74, 6) is 2.09. The van der Waals surface area contributed by atoms with Gasteiger partial charge in [0.2, 0.25) is 6.79 Å². The third-order valence-electron chi connectivity index (χ3n) is 4.61. The highest BCUT2D eigenvalue weighted by Gasteiger charge is 2.25. The number of hydrogen-bond acceptors (Lipinski definition) is 4. The summed E-state index contributed by atoms with van der Waals surface area (Å²) in [4.78, 5) is 0. The van der Waals surface area contributed by atoms with Gasteiger partial charge in [-0.3, -0.25) is 0 Å². The summed E-state index contributed by atoms with van der Waals surface area (Å²) in [6.45, 7) is 2.83. The highest BCUT2D eigenvalue weighted by molar-refractivity contribution is 5.45. The highest BCUT2D eigenvalue weighted by atomic mass is 16.7. The molecule has 1 aliphatic carbocycles. The Morgan fingerprint density at radius 2 is 2.05 bits per heavy atom. The molecule has 4 nitrogen and oxygen atoms in total. The molecule has 3 atom stereocenters. The van der Waals surface area contributed by atoms with Gasteiger partial charge in [-0.25, -0.2) is 0 Å². The average Bonchev–Trinajstić information content (AvgIpc) is 3.00. The van der Waals surface area contributed by atoms with E-state index in [1.807, 2.05) is 18.2 Å². The van der Waals surface area contributed by atoms with Gasteiger partial charge in [-0.2, -0.15) is 0 Å². The zero-order chi connectivity index (χ0) is 14.7. The molecule has 1 aromatic carbocycles. The van der Waals surface area contributed by atoms with Crippen molar-refractivity contribution in [1.82, 2.24) is 0 Å². The summed E-state index contributed by atoms with van der Waals surface area (Å²) in [6.07, 6.45) is 5.76. The molecule has 0 saturated heterocycles.